The van der Waals surface area contributed by atoms with Gasteiger partial charge in [0.1, 0.15) is 5.65 Å². The molecule has 0 aliphatic carbocycles. The number of carbonyl (C=O) groups is 1. The Kier molecular flexibility index (Phi) is 5.33. The van der Waals surface area contributed by atoms with Crippen molar-refractivity contribution in [1.29, 1.82) is 0 Å². The molecule has 0 bridgehead atoms. The van der Waals surface area contributed by atoms with E-state index in [1.54, 1.807) is 24.1 Å². The third-order valence-electron chi connectivity index (χ3n) is 3.34. The number of amides is 1. The summed E-state index contributed by atoms with van der Waals surface area (Å²) < 4.78 is 6.71. The van der Waals surface area contributed by atoms with Crippen LogP contribution >= 0.6 is 0 Å². The summed E-state index contributed by atoms with van der Waals surface area (Å²) in [6.45, 7) is 6.25. The number of ether oxygens (including phenoxy) is 1. The molecule has 0 spiro atoms. The van der Waals surface area contributed by atoms with Crippen LogP contribution in [0.4, 0.5) is 0 Å². The molecule has 0 radical (unpaired) electrons. The SMILES string of the molecule is COCC(C)NC(=O)/C=C/c1cc2cnn(C(C)C)c2[nH]c1=O. The first-order chi connectivity index (χ1) is 10.9. The summed E-state index contributed by atoms with van der Waals surface area (Å²) in [6, 6.07) is 1.78. The Balaban J connectivity index is 2.20. The van der Waals surface area contributed by atoms with Crippen molar-refractivity contribution in [3.05, 3.63) is 34.3 Å². The Morgan fingerprint density at radius 3 is 2.87 bits per heavy atom. The predicted molar refractivity (Wildman–Crippen MR) is 89.3 cm³/mol. The van der Waals surface area contributed by atoms with Crippen LogP contribution in [0.15, 0.2) is 23.1 Å². The van der Waals surface area contributed by atoms with E-state index in [0.717, 1.165) is 5.39 Å². The van der Waals surface area contributed by atoms with Crippen LogP contribution in [0, 0.1) is 0 Å². The van der Waals surface area contributed by atoms with Gasteiger partial charge in [0.05, 0.1) is 12.8 Å². The largest absolute Gasteiger partial charge is 0.383 e. The highest BCUT2D eigenvalue weighted by atomic mass is 16.5. The number of fused-ring (bicyclic) bond motifs is 1. The van der Waals surface area contributed by atoms with E-state index in [0.29, 0.717) is 17.8 Å². The summed E-state index contributed by atoms with van der Waals surface area (Å²) in [5.74, 6) is -0.271. The van der Waals surface area contributed by atoms with E-state index in [1.807, 2.05) is 20.8 Å². The standard InChI is InChI=1S/C16H22N4O3/c1-10(2)20-15-13(8-17-20)7-12(16(22)19-15)5-6-14(21)18-11(3)9-23-4/h5-8,10-11H,9H2,1-4H3,(H,18,21)(H,19,22)/b6-5+. The number of H-pyrrole nitrogens is 1. The van der Waals surface area contributed by atoms with Crippen molar-refractivity contribution < 1.29 is 9.53 Å². The molecule has 0 aliphatic heterocycles. The second-order valence-electron chi connectivity index (χ2n) is 5.74. The molecule has 0 fully saturated rings. The summed E-state index contributed by atoms with van der Waals surface area (Å²) >= 11 is 0. The van der Waals surface area contributed by atoms with Crippen molar-refractivity contribution in [1.82, 2.24) is 20.1 Å². The van der Waals surface area contributed by atoms with Crippen molar-refractivity contribution in [2.75, 3.05) is 13.7 Å². The minimum atomic E-state index is -0.271. The van der Waals surface area contributed by atoms with Gasteiger partial charge in [0.25, 0.3) is 5.56 Å². The van der Waals surface area contributed by atoms with Gasteiger partial charge in [-0.05, 0) is 32.9 Å². The molecule has 23 heavy (non-hydrogen) atoms. The maximum atomic E-state index is 12.1. The lowest BCUT2D eigenvalue weighted by atomic mass is 10.2. The fourth-order valence-corrected chi connectivity index (χ4v) is 2.29. The van der Waals surface area contributed by atoms with Crippen LogP contribution in [-0.4, -0.2) is 40.4 Å². The van der Waals surface area contributed by atoms with Gasteiger partial charge in [-0.15, -0.1) is 0 Å². The highest BCUT2D eigenvalue weighted by Gasteiger charge is 2.09. The van der Waals surface area contributed by atoms with E-state index in [4.69, 9.17) is 4.74 Å². The molecular weight excluding hydrogens is 296 g/mol. The smallest absolute Gasteiger partial charge is 0.256 e. The van der Waals surface area contributed by atoms with Gasteiger partial charge in [0.2, 0.25) is 5.91 Å². The van der Waals surface area contributed by atoms with Gasteiger partial charge < -0.3 is 15.0 Å². The summed E-state index contributed by atoms with van der Waals surface area (Å²) in [5, 5.41) is 7.83. The third kappa shape index (κ3) is 4.07. The molecule has 2 aromatic rings. The van der Waals surface area contributed by atoms with E-state index < -0.39 is 0 Å². The third-order valence-corrected chi connectivity index (χ3v) is 3.34. The number of hydrogen-bond donors (Lipinski definition) is 2. The number of aromatic amines is 1. The molecule has 0 aromatic carbocycles. The molecule has 2 aromatic heterocycles. The Morgan fingerprint density at radius 1 is 1.48 bits per heavy atom. The number of hydrogen-bond acceptors (Lipinski definition) is 4. The minimum absolute atomic E-state index is 0.0952. The van der Waals surface area contributed by atoms with Gasteiger partial charge in [-0.25, -0.2) is 4.68 Å². The van der Waals surface area contributed by atoms with Crippen LogP contribution < -0.4 is 10.9 Å². The number of rotatable bonds is 6. The lowest BCUT2D eigenvalue weighted by molar-refractivity contribution is -0.117. The maximum absolute atomic E-state index is 12.1. The number of carbonyl (C=O) groups excluding carboxylic acids is 1. The Bertz CT molecular complexity index is 773. The van der Waals surface area contributed by atoms with E-state index in [1.165, 1.54) is 12.2 Å². The average molecular weight is 318 g/mol. The molecule has 0 saturated carbocycles. The topological polar surface area (TPSA) is 89.0 Å². The van der Waals surface area contributed by atoms with Crippen molar-refractivity contribution in [3.63, 3.8) is 0 Å². The molecular formula is C16H22N4O3. The first kappa shape index (κ1) is 17.0. The lowest BCUT2D eigenvalue weighted by Gasteiger charge is -2.10. The van der Waals surface area contributed by atoms with Crippen LogP contribution in [0.1, 0.15) is 32.4 Å². The van der Waals surface area contributed by atoms with Crippen LogP contribution in [0.3, 0.4) is 0 Å². The van der Waals surface area contributed by atoms with E-state index >= 15 is 0 Å². The fraction of sp³-hybridized carbons (Fsp3) is 0.438. The Labute approximate surface area is 134 Å². The Hall–Kier alpha value is -2.41. The summed E-state index contributed by atoms with van der Waals surface area (Å²) in [7, 11) is 1.57. The molecule has 0 saturated heterocycles. The molecule has 7 heteroatoms. The molecule has 1 unspecified atom stereocenters. The quantitative estimate of drug-likeness (QED) is 0.789. The van der Waals surface area contributed by atoms with Gasteiger partial charge in [0, 0.05) is 36.2 Å². The van der Waals surface area contributed by atoms with Gasteiger partial charge in [0.15, 0.2) is 0 Å². The number of methoxy groups -OCH3 is 1. The molecule has 7 nitrogen and oxygen atoms in total. The molecule has 1 amide bonds. The van der Waals surface area contributed by atoms with E-state index in [9.17, 15) is 9.59 Å². The number of aromatic nitrogens is 3. The van der Waals surface area contributed by atoms with Gasteiger partial charge in [-0.1, -0.05) is 0 Å². The first-order valence-electron chi connectivity index (χ1n) is 7.50. The predicted octanol–water partition coefficient (Wildman–Crippen LogP) is 1.47. The van der Waals surface area contributed by atoms with Gasteiger partial charge in [-0.2, -0.15) is 5.10 Å². The van der Waals surface area contributed by atoms with Crippen molar-refractivity contribution >= 4 is 23.0 Å². The first-order valence-corrected chi connectivity index (χ1v) is 7.50. The monoisotopic (exact) mass is 318 g/mol. The zero-order chi connectivity index (χ0) is 17.0. The molecule has 2 heterocycles. The Morgan fingerprint density at radius 2 is 2.22 bits per heavy atom. The van der Waals surface area contributed by atoms with Crippen molar-refractivity contribution in [2.45, 2.75) is 32.9 Å². The highest BCUT2D eigenvalue weighted by molar-refractivity contribution is 5.92. The summed E-state index contributed by atoms with van der Waals surface area (Å²) in [5.41, 5.74) is 0.838. The lowest BCUT2D eigenvalue weighted by Crippen LogP contribution is -2.34. The molecule has 124 valence electrons. The second kappa shape index (κ2) is 7.23. The summed E-state index contributed by atoms with van der Waals surface area (Å²) in [6.07, 6.45) is 4.54. The fourth-order valence-electron chi connectivity index (χ4n) is 2.29. The van der Waals surface area contributed by atoms with Crippen LogP contribution in [0.5, 0.6) is 0 Å². The molecule has 1 atom stereocenters. The number of pyridine rings is 1. The maximum Gasteiger partial charge on any atom is 0.256 e. The molecule has 2 rings (SSSR count). The van der Waals surface area contributed by atoms with Crippen LogP contribution in [0.2, 0.25) is 0 Å². The highest BCUT2D eigenvalue weighted by Crippen LogP contribution is 2.15. The average Bonchev–Trinajstić information content (AvgIpc) is 2.87. The number of nitrogens with zero attached hydrogens (tertiary/aromatic N) is 2. The zero-order valence-electron chi connectivity index (χ0n) is 13.8. The zero-order valence-corrected chi connectivity index (χ0v) is 13.8. The second-order valence-corrected chi connectivity index (χ2v) is 5.74. The normalized spacial score (nSPS) is 13.1. The van der Waals surface area contributed by atoms with E-state index in [2.05, 4.69) is 15.4 Å². The van der Waals surface area contributed by atoms with Crippen molar-refractivity contribution in [3.8, 4) is 0 Å². The number of nitrogens with one attached hydrogen (secondary N) is 2. The molecule has 0 aliphatic rings. The minimum Gasteiger partial charge on any atom is -0.383 e. The summed E-state index contributed by atoms with van der Waals surface area (Å²) in [4.78, 5) is 26.7. The van der Waals surface area contributed by atoms with Crippen molar-refractivity contribution in [2.24, 2.45) is 0 Å². The van der Waals surface area contributed by atoms with Gasteiger partial charge in [-0.3, -0.25) is 9.59 Å². The molecule has 2 N–H and O–H groups in total. The van der Waals surface area contributed by atoms with Gasteiger partial charge >= 0.3 is 0 Å². The van der Waals surface area contributed by atoms with Crippen LogP contribution in [-0.2, 0) is 9.53 Å². The van der Waals surface area contributed by atoms with Crippen LogP contribution in [0.25, 0.3) is 17.1 Å². The van der Waals surface area contributed by atoms with E-state index in [-0.39, 0.29) is 23.6 Å².